The average molecular weight is 375 g/mol. The summed E-state index contributed by atoms with van der Waals surface area (Å²) in [6.45, 7) is 6.77. The number of benzene rings is 1. The van der Waals surface area contributed by atoms with E-state index < -0.39 is 5.97 Å². The maximum atomic E-state index is 12.5. The van der Waals surface area contributed by atoms with Gasteiger partial charge >= 0.3 is 5.97 Å². The van der Waals surface area contributed by atoms with Gasteiger partial charge in [0.25, 0.3) is 0 Å². The minimum absolute atomic E-state index is 0.327. The van der Waals surface area contributed by atoms with Gasteiger partial charge in [-0.3, -0.25) is 4.68 Å². The highest BCUT2D eigenvalue weighted by atomic mass is 16.5. The molecule has 1 aromatic carbocycles. The molecule has 0 amide bonds. The molecule has 0 bridgehead atoms. The van der Waals surface area contributed by atoms with Gasteiger partial charge in [0, 0.05) is 23.4 Å². The van der Waals surface area contributed by atoms with E-state index in [2.05, 4.69) is 10.2 Å². The van der Waals surface area contributed by atoms with E-state index in [9.17, 15) is 4.79 Å². The lowest BCUT2D eigenvalue weighted by Crippen LogP contribution is -2.11. The van der Waals surface area contributed by atoms with Gasteiger partial charge in [0.2, 0.25) is 0 Å². The molecule has 0 spiro atoms. The van der Waals surface area contributed by atoms with Crippen molar-refractivity contribution in [2.45, 2.75) is 27.3 Å². The van der Waals surface area contributed by atoms with Gasteiger partial charge in [-0.25, -0.2) is 14.3 Å². The Morgan fingerprint density at radius 1 is 1.18 bits per heavy atom. The van der Waals surface area contributed by atoms with Crippen LogP contribution in [0.5, 0.6) is 0 Å². The number of hydrogen-bond acceptors (Lipinski definition) is 5. The maximum Gasteiger partial charge on any atom is 0.356 e. The second-order valence-corrected chi connectivity index (χ2v) is 6.54. The van der Waals surface area contributed by atoms with Crippen molar-refractivity contribution >= 4 is 11.6 Å². The van der Waals surface area contributed by atoms with E-state index in [1.165, 1.54) is 11.6 Å². The third-order valence-electron chi connectivity index (χ3n) is 4.89. The summed E-state index contributed by atoms with van der Waals surface area (Å²) in [5, 5.41) is 8.98. The molecule has 0 aliphatic heterocycles. The van der Waals surface area contributed by atoms with Gasteiger partial charge in [-0.2, -0.15) is 10.2 Å². The van der Waals surface area contributed by atoms with E-state index in [0.29, 0.717) is 17.0 Å². The topological polar surface area (TPSA) is 74.3 Å². The molecule has 0 saturated heterocycles. The number of methoxy groups -OCH3 is 1. The summed E-state index contributed by atoms with van der Waals surface area (Å²) in [6, 6.07) is 11.6. The zero-order valence-corrected chi connectivity index (χ0v) is 16.3. The van der Waals surface area contributed by atoms with E-state index in [1.54, 1.807) is 12.3 Å². The second-order valence-electron chi connectivity index (χ2n) is 6.54. The molecule has 4 rings (SSSR count). The van der Waals surface area contributed by atoms with E-state index in [4.69, 9.17) is 9.72 Å². The number of nitrogens with zero attached hydrogens (tertiary/aromatic N) is 5. The van der Waals surface area contributed by atoms with Crippen molar-refractivity contribution in [2.75, 3.05) is 7.11 Å². The van der Waals surface area contributed by atoms with Crippen LogP contribution in [0, 0.1) is 13.8 Å². The Kier molecular flexibility index (Phi) is 4.43. The molecule has 3 heterocycles. The van der Waals surface area contributed by atoms with Gasteiger partial charge < -0.3 is 4.74 Å². The number of ether oxygens (including phenoxy) is 1. The maximum absolute atomic E-state index is 12.5. The highest BCUT2D eigenvalue weighted by Crippen LogP contribution is 2.30. The minimum Gasteiger partial charge on any atom is -0.464 e. The summed E-state index contributed by atoms with van der Waals surface area (Å²) in [6.07, 6.45) is 1.73. The highest BCUT2D eigenvalue weighted by Gasteiger charge is 2.22. The largest absolute Gasteiger partial charge is 0.464 e. The van der Waals surface area contributed by atoms with E-state index in [-0.39, 0.29) is 0 Å². The predicted molar refractivity (Wildman–Crippen MR) is 106 cm³/mol. The monoisotopic (exact) mass is 375 g/mol. The summed E-state index contributed by atoms with van der Waals surface area (Å²) >= 11 is 0. The molecule has 28 heavy (non-hydrogen) atoms. The molecule has 0 unspecified atom stereocenters. The SMILES string of the molecule is CCn1nc(C)c(-c2cc(C(=O)OC)n3ncc(-c4ccccc4)c3n2)c1C. The molecular weight excluding hydrogens is 354 g/mol. The number of carbonyl (C=O) groups excluding carboxylic acids is 1. The third-order valence-corrected chi connectivity index (χ3v) is 4.89. The van der Waals surface area contributed by atoms with Crippen LogP contribution in [0.2, 0.25) is 0 Å². The summed E-state index contributed by atoms with van der Waals surface area (Å²) in [7, 11) is 1.36. The Balaban J connectivity index is 2.03. The van der Waals surface area contributed by atoms with Crippen LogP contribution in [0.4, 0.5) is 0 Å². The van der Waals surface area contributed by atoms with Gasteiger partial charge in [-0.05, 0) is 32.4 Å². The van der Waals surface area contributed by atoms with Crippen LogP contribution in [0.3, 0.4) is 0 Å². The van der Waals surface area contributed by atoms with Crippen molar-refractivity contribution in [2.24, 2.45) is 0 Å². The number of rotatable bonds is 4. The number of hydrogen-bond donors (Lipinski definition) is 0. The van der Waals surface area contributed by atoms with Crippen LogP contribution in [0.1, 0.15) is 28.8 Å². The minimum atomic E-state index is -0.463. The van der Waals surface area contributed by atoms with Crippen molar-refractivity contribution in [3.63, 3.8) is 0 Å². The van der Waals surface area contributed by atoms with Gasteiger partial charge in [-0.15, -0.1) is 0 Å². The van der Waals surface area contributed by atoms with Crippen LogP contribution < -0.4 is 0 Å². The number of carbonyl (C=O) groups is 1. The number of esters is 1. The first-order valence-corrected chi connectivity index (χ1v) is 9.12. The molecule has 0 aliphatic rings. The molecule has 0 radical (unpaired) electrons. The molecule has 142 valence electrons. The predicted octanol–water partition coefficient (Wildman–Crippen LogP) is 3.68. The lowest BCUT2D eigenvalue weighted by atomic mass is 10.1. The summed E-state index contributed by atoms with van der Waals surface area (Å²) in [5.41, 5.74) is 6.25. The van der Waals surface area contributed by atoms with Crippen LogP contribution in [-0.4, -0.2) is 37.5 Å². The fraction of sp³-hybridized carbons (Fsp3) is 0.238. The fourth-order valence-electron chi connectivity index (χ4n) is 3.54. The molecule has 0 fully saturated rings. The lowest BCUT2D eigenvalue weighted by molar-refractivity contribution is 0.0590. The normalized spacial score (nSPS) is 11.1. The Hall–Kier alpha value is -3.48. The smallest absolute Gasteiger partial charge is 0.356 e. The van der Waals surface area contributed by atoms with Crippen molar-refractivity contribution in [3.05, 3.63) is 59.7 Å². The standard InChI is InChI=1S/C21H21N5O2/c1-5-25-14(3)19(13(2)24-25)17-11-18(21(27)28-4)26-20(23-17)16(12-22-26)15-9-7-6-8-10-15/h6-12H,5H2,1-4H3. The van der Waals surface area contributed by atoms with Crippen LogP contribution in [0.15, 0.2) is 42.6 Å². The van der Waals surface area contributed by atoms with E-state index in [0.717, 1.165) is 34.6 Å². The fourth-order valence-corrected chi connectivity index (χ4v) is 3.54. The molecule has 0 atom stereocenters. The van der Waals surface area contributed by atoms with Crippen LogP contribution in [0.25, 0.3) is 28.0 Å². The molecule has 3 aromatic heterocycles. The Morgan fingerprint density at radius 3 is 2.57 bits per heavy atom. The van der Waals surface area contributed by atoms with Gasteiger partial charge in [0.15, 0.2) is 11.3 Å². The Morgan fingerprint density at radius 2 is 1.93 bits per heavy atom. The summed E-state index contributed by atoms with van der Waals surface area (Å²) in [5.74, 6) is -0.463. The second kappa shape index (κ2) is 6.92. The quantitative estimate of drug-likeness (QED) is 0.509. The molecule has 0 N–H and O–H groups in total. The number of aromatic nitrogens is 5. The van der Waals surface area contributed by atoms with Crippen molar-refractivity contribution in [1.82, 2.24) is 24.4 Å². The van der Waals surface area contributed by atoms with Crippen LogP contribution >= 0.6 is 0 Å². The third kappa shape index (κ3) is 2.76. The molecule has 7 heteroatoms. The van der Waals surface area contributed by atoms with Gasteiger partial charge in [0.1, 0.15) is 0 Å². The van der Waals surface area contributed by atoms with Crippen molar-refractivity contribution in [1.29, 1.82) is 0 Å². The molecule has 4 aromatic rings. The molecule has 7 nitrogen and oxygen atoms in total. The zero-order valence-electron chi connectivity index (χ0n) is 16.3. The van der Waals surface area contributed by atoms with Crippen molar-refractivity contribution in [3.8, 4) is 22.4 Å². The Labute approximate surface area is 162 Å². The average Bonchev–Trinajstić information content (AvgIpc) is 3.27. The summed E-state index contributed by atoms with van der Waals surface area (Å²) in [4.78, 5) is 17.3. The number of fused-ring (bicyclic) bond motifs is 1. The molecular formula is C21H21N5O2. The number of aryl methyl sites for hydroxylation is 2. The molecule has 0 saturated carbocycles. The van der Waals surface area contributed by atoms with Gasteiger partial charge in [-0.1, -0.05) is 30.3 Å². The van der Waals surface area contributed by atoms with Gasteiger partial charge in [0.05, 0.1) is 24.7 Å². The van der Waals surface area contributed by atoms with E-state index in [1.807, 2.05) is 55.8 Å². The van der Waals surface area contributed by atoms with E-state index >= 15 is 0 Å². The van der Waals surface area contributed by atoms with Crippen molar-refractivity contribution < 1.29 is 9.53 Å². The summed E-state index contributed by atoms with van der Waals surface area (Å²) < 4.78 is 8.46. The first kappa shape index (κ1) is 17.9. The lowest BCUT2D eigenvalue weighted by Gasteiger charge is -2.08. The highest BCUT2D eigenvalue weighted by molar-refractivity contribution is 5.91. The first-order valence-electron chi connectivity index (χ1n) is 9.12. The molecule has 0 aliphatic carbocycles. The zero-order chi connectivity index (χ0) is 19.8. The Bertz CT molecular complexity index is 1170. The van der Waals surface area contributed by atoms with Crippen LogP contribution in [-0.2, 0) is 11.3 Å². The first-order chi connectivity index (χ1) is 13.5.